The molecule has 1 heterocycles. The molecule has 1 aromatic heterocycles. The second-order valence-corrected chi connectivity index (χ2v) is 7.38. The third-order valence-electron chi connectivity index (χ3n) is 2.22. The van der Waals surface area contributed by atoms with Gasteiger partial charge < -0.3 is 5.32 Å². The Morgan fingerprint density at radius 2 is 2.25 bits per heavy atom. The summed E-state index contributed by atoms with van der Waals surface area (Å²) in [5.41, 5.74) is 1.02. The Bertz CT molecular complexity index is 426. The fraction of sp³-hybridized carbons (Fsp3) is 0.700. The van der Waals surface area contributed by atoms with Crippen LogP contribution in [0.2, 0.25) is 0 Å². The van der Waals surface area contributed by atoms with Crippen molar-refractivity contribution in [2.24, 2.45) is 0 Å². The molecule has 0 spiro atoms. The van der Waals surface area contributed by atoms with Crippen molar-refractivity contribution >= 4 is 21.2 Å². The molecule has 0 aliphatic carbocycles. The van der Waals surface area contributed by atoms with E-state index >= 15 is 0 Å². The van der Waals surface area contributed by atoms with E-state index in [2.05, 4.69) is 10.3 Å². The van der Waals surface area contributed by atoms with Crippen LogP contribution in [0.1, 0.15) is 24.0 Å². The molecule has 0 aliphatic rings. The number of thiazole rings is 1. The number of aromatic nitrogens is 1. The molecule has 4 nitrogen and oxygen atoms in total. The average molecular weight is 262 g/mol. The summed E-state index contributed by atoms with van der Waals surface area (Å²) in [5.74, 6) is 0.233. The maximum atomic E-state index is 11.0. The number of nitrogens with one attached hydrogen (secondary N) is 1. The molecule has 0 aromatic carbocycles. The third kappa shape index (κ3) is 5.58. The van der Waals surface area contributed by atoms with Gasteiger partial charge in [-0.1, -0.05) is 0 Å². The Balaban J connectivity index is 2.28. The molecule has 6 heteroatoms. The van der Waals surface area contributed by atoms with Gasteiger partial charge in [-0.2, -0.15) is 0 Å². The number of hydrogen-bond acceptors (Lipinski definition) is 5. The minimum Gasteiger partial charge on any atom is -0.309 e. The molecular weight excluding hydrogens is 244 g/mol. The van der Waals surface area contributed by atoms with Crippen LogP contribution in [0.25, 0.3) is 0 Å². The van der Waals surface area contributed by atoms with Crippen molar-refractivity contribution < 1.29 is 8.42 Å². The fourth-order valence-electron chi connectivity index (χ4n) is 1.26. The van der Waals surface area contributed by atoms with E-state index in [0.29, 0.717) is 13.0 Å². The minimum absolute atomic E-state index is 0.191. The molecule has 0 saturated carbocycles. The summed E-state index contributed by atoms with van der Waals surface area (Å²) in [4.78, 5) is 4.33. The molecule has 0 amide bonds. The topological polar surface area (TPSA) is 59.1 Å². The van der Waals surface area contributed by atoms with Crippen LogP contribution in [0.5, 0.6) is 0 Å². The van der Waals surface area contributed by atoms with Gasteiger partial charge in [0.2, 0.25) is 0 Å². The molecule has 92 valence electrons. The molecular formula is C10H18N2O2S2. The average Bonchev–Trinajstić information content (AvgIpc) is 2.57. The standard InChI is InChI=1S/C10H18N2O2S2/c1-8(4-5-16(3,13)14)11-6-10-7-15-9(2)12-10/h7-8,11H,4-6H2,1-3H3. The van der Waals surface area contributed by atoms with Crippen molar-refractivity contribution in [3.8, 4) is 0 Å². The smallest absolute Gasteiger partial charge is 0.147 e. The Kier molecular flexibility index (Phi) is 4.89. The highest BCUT2D eigenvalue weighted by atomic mass is 32.2. The largest absolute Gasteiger partial charge is 0.309 e. The molecule has 0 saturated heterocycles. The summed E-state index contributed by atoms with van der Waals surface area (Å²) < 4.78 is 21.9. The van der Waals surface area contributed by atoms with Crippen LogP contribution in [0, 0.1) is 6.92 Å². The van der Waals surface area contributed by atoms with Gasteiger partial charge in [0.05, 0.1) is 16.5 Å². The van der Waals surface area contributed by atoms with Gasteiger partial charge in [0.15, 0.2) is 0 Å². The molecule has 0 radical (unpaired) electrons. The first-order valence-corrected chi connectivity index (χ1v) is 8.13. The molecule has 1 unspecified atom stereocenters. The molecule has 0 fully saturated rings. The van der Waals surface area contributed by atoms with Crippen LogP contribution in [0.15, 0.2) is 5.38 Å². The summed E-state index contributed by atoms with van der Waals surface area (Å²) in [7, 11) is -2.85. The maximum absolute atomic E-state index is 11.0. The van der Waals surface area contributed by atoms with E-state index in [1.54, 1.807) is 11.3 Å². The summed E-state index contributed by atoms with van der Waals surface area (Å²) >= 11 is 1.63. The van der Waals surface area contributed by atoms with Gasteiger partial charge in [-0.05, 0) is 20.3 Å². The van der Waals surface area contributed by atoms with Crippen molar-refractivity contribution in [1.29, 1.82) is 0 Å². The Labute approximate surface area is 101 Å². The van der Waals surface area contributed by atoms with Gasteiger partial charge >= 0.3 is 0 Å². The van der Waals surface area contributed by atoms with Gasteiger partial charge in [0.1, 0.15) is 9.84 Å². The lowest BCUT2D eigenvalue weighted by Gasteiger charge is -2.11. The van der Waals surface area contributed by atoms with E-state index in [1.807, 2.05) is 19.2 Å². The van der Waals surface area contributed by atoms with E-state index in [0.717, 1.165) is 10.7 Å². The normalized spacial score (nSPS) is 13.9. The molecule has 1 atom stereocenters. The Morgan fingerprint density at radius 3 is 2.75 bits per heavy atom. The maximum Gasteiger partial charge on any atom is 0.147 e. The number of hydrogen-bond donors (Lipinski definition) is 1. The van der Waals surface area contributed by atoms with E-state index < -0.39 is 9.84 Å². The van der Waals surface area contributed by atoms with Crippen molar-refractivity contribution in [3.63, 3.8) is 0 Å². The summed E-state index contributed by atoms with van der Waals surface area (Å²) in [6.45, 7) is 4.67. The van der Waals surface area contributed by atoms with Crippen LogP contribution >= 0.6 is 11.3 Å². The predicted octanol–water partition coefficient (Wildman–Crippen LogP) is 1.36. The lowest BCUT2D eigenvalue weighted by Crippen LogP contribution is -2.27. The van der Waals surface area contributed by atoms with Gasteiger partial charge in [-0.15, -0.1) is 11.3 Å². The molecule has 1 aromatic rings. The highest BCUT2D eigenvalue weighted by molar-refractivity contribution is 7.90. The predicted molar refractivity (Wildman–Crippen MR) is 67.5 cm³/mol. The van der Waals surface area contributed by atoms with Crippen molar-refractivity contribution in [2.45, 2.75) is 32.9 Å². The first-order chi connectivity index (χ1) is 7.37. The van der Waals surface area contributed by atoms with Crippen LogP contribution in [0.4, 0.5) is 0 Å². The van der Waals surface area contributed by atoms with Crippen molar-refractivity contribution in [3.05, 3.63) is 16.1 Å². The van der Waals surface area contributed by atoms with Crippen LogP contribution in [0.3, 0.4) is 0 Å². The SMILES string of the molecule is Cc1nc(CNC(C)CCS(C)(=O)=O)cs1. The van der Waals surface area contributed by atoms with Crippen molar-refractivity contribution in [1.82, 2.24) is 10.3 Å². The van der Waals surface area contributed by atoms with Gasteiger partial charge in [0.25, 0.3) is 0 Å². The molecule has 0 bridgehead atoms. The number of nitrogens with zero attached hydrogens (tertiary/aromatic N) is 1. The Hall–Kier alpha value is -0.460. The fourth-order valence-corrected chi connectivity index (χ4v) is 2.66. The zero-order valence-electron chi connectivity index (χ0n) is 9.86. The zero-order chi connectivity index (χ0) is 12.2. The third-order valence-corrected chi connectivity index (χ3v) is 4.02. The summed E-state index contributed by atoms with van der Waals surface area (Å²) in [6, 6.07) is 0.191. The molecule has 1 N–H and O–H groups in total. The number of sulfone groups is 1. The van der Waals surface area contributed by atoms with E-state index in [9.17, 15) is 8.42 Å². The Morgan fingerprint density at radius 1 is 1.56 bits per heavy atom. The molecule has 1 rings (SSSR count). The minimum atomic E-state index is -2.85. The quantitative estimate of drug-likeness (QED) is 0.841. The lowest BCUT2D eigenvalue weighted by atomic mass is 10.2. The second-order valence-electron chi connectivity index (χ2n) is 4.06. The molecule has 0 aliphatic heterocycles. The van der Waals surface area contributed by atoms with Crippen LogP contribution < -0.4 is 5.32 Å². The van der Waals surface area contributed by atoms with E-state index in [1.165, 1.54) is 6.26 Å². The van der Waals surface area contributed by atoms with E-state index in [-0.39, 0.29) is 11.8 Å². The summed E-state index contributed by atoms with van der Waals surface area (Å²) in [6.07, 6.45) is 1.91. The lowest BCUT2D eigenvalue weighted by molar-refractivity contribution is 0.524. The number of aryl methyl sites for hydroxylation is 1. The highest BCUT2D eigenvalue weighted by Crippen LogP contribution is 2.07. The number of rotatable bonds is 6. The van der Waals surface area contributed by atoms with Gasteiger partial charge in [0, 0.05) is 24.2 Å². The van der Waals surface area contributed by atoms with Gasteiger partial charge in [-0.3, -0.25) is 0 Å². The van der Waals surface area contributed by atoms with Crippen LogP contribution in [-0.2, 0) is 16.4 Å². The second kappa shape index (κ2) is 5.75. The van der Waals surface area contributed by atoms with Gasteiger partial charge in [-0.25, -0.2) is 13.4 Å². The monoisotopic (exact) mass is 262 g/mol. The summed E-state index contributed by atoms with van der Waals surface area (Å²) in [5, 5.41) is 6.34. The van der Waals surface area contributed by atoms with E-state index in [4.69, 9.17) is 0 Å². The first-order valence-electron chi connectivity index (χ1n) is 5.19. The zero-order valence-corrected chi connectivity index (χ0v) is 11.5. The van der Waals surface area contributed by atoms with Crippen LogP contribution in [-0.4, -0.2) is 31.5 Å². The highest BCUT2D eigenvalue weighted by Gasteiger charge is 2.07. The first kappa shape index (κ1) is 13.6. The van der Waals surface area contributed by atoms with Crippen molar-refractivity contribution in [2.75, 3.05) is 12.0 Å². The molecule has 16 heavy (non-hydrogen) atoms.